The molecule has 16 heavy (non-hydrogen) atoms. The van der Waals surface area contributed by atoms with Crippen LogP contribution in [0.4, 0.5) is 4.79 Å². The summed E-state index contributed by atoms with van der Waals surface area (Å²) in [5, 5.41) is 2.58. The number of hydrazine groups is 1. The van der Waals surface area contributed by atoms with E-state index in [1.807, 2.05) is 9.24 Å². The van der Waals surface area contributed by atoms with Crippen LogP contribution in [0.3, 0.4) is 0 Å². The molecule has 0 saturated carbocycles. The zero-order valence-corrected chi connectivity index (χ0v) is 10.8. The molecule has 0 spiro atoms. The summed E-state index contributed by atoms with van der Waals surface area (Å²) in [7, 11) is 1.86. The third kappa shape index (κ3) is 9.73. The molecule has 0 aliphatic rings. The Morgan fingerprint density at radius 3 is 2.31 bits per heavy atom. The van der Waals surface area contributed by atoms with E-state index in [1.54, 1.807) is 0 Å². The van der Waals surface area contributed by atoms with Crippen LogP contribution >= 0.6 is 21.9 Å². The number of rotatable bonds is 6. The fourth-order valence-corrected chi connectivity index (χ4v) is 1.07. The first-order valence-electron chi connectivity index (χ1n) is 4.78. The van der Waals surface area contributed by atoms with Crippen molar-refractivity contribution < 1.29 is 14.4 Å². The number of carbonyl (C=O) groups excluding carboxylic acids is 3. The minimum atomic E-state index is -0.425. The Kier molecular flexibility index (Phi) is 8.94. The summed E-state index contributed by atoms with van der Waals surface area (Å²) in [5.41, 5.74) is 3.87. The van der Waals surface area contributed by atoms with Crippen molar-refractivity contribution in [3.63, 3.8) is 0 Å². The van der Waals surface area contributed by atoms with Crippen LogP contribution in [-0.4, -0.2) is 29.8 Å². The number of amides is 3. The molecule has 1 unspecified atom stereocenters. The van der Waals surface area contributed by atoms with Gasteiger partial charge in [-0.25, -0.2) is 0 Å². The molecule has 0 rings (SSSR count). The Balaban J connectivity index is 3.46. The first-order valence-corrected chi connectivity index (χ1v) is 5.99. The van der Waals surface area contributed by atoms with Crippen molar-refractivity contribution in [1.29, 1.82) is 0 Å². The molecule has 3 N–H and O–H groups in total. The van der Waals surface area contributed by atoms with Gasteiger partial charge in [0, 0.05) is 19.4 Å². The first-order chi connectivity index (χ1) is 7.56. The molecule has 0 radical (unpaired) electrons. The zero-order chi connectivity index (χ0) is 12.4. The molecule has 0 heterocycles. The van der Waals surface area contributed by atoms with E-state index in [0.717, 1.165) is 0 Å². The normalized spacial score (nSPS) is 9.38. The van der Waals surface area contributed by atoms with Crippen molar-refractivity contribution >= 4 is 39.3 Å². The highest BCUT2D eigenvalue weighted by molar-refractivity contribution is 7.80. The molecule has 0 aromatic carbocycles. The van der Waals surface area contributed by atoms with E-state index in [9.17, 15) is 14.4 Å². The highest BCUT2D eigenvalue weighted by Crippen LogP contribution is 1.90. The Bertz CT molecular complexity index is 263. The van der Waals surface area contributed by atoms with Crippen molar-refractivity contribution in [1.82, 2.24) is 16.2 Å². The summed E-state index contributed by atoms with van der Waals surface area (Å²) in [6.07, 6.45) is 1.25. The standard InChI is InChI=1S/C8H16N3O3PS/c12-6(2-1-5-16)9-4-3-7(13)10-11-8(14)15/h16H,1-5,15H2,(H,9,12)(H,10,13)(H,11,14). The van der Waals surface area contributed by atoms with Gasteiger partial charge in [0.25, 0.3) is 5.65 Å². The van der Waals surface area contributed by atoms with Gasteiger partial charge in [-0.3, -0.25) is 25.2 Å². The van der Waals surface area contributed by atoms with Gasteiger partial charge in [0.1, 0.15) is 0 Å². The summed E-state index contributed by atoms with van der Waals surface area (Å²) in [6.45, 7) is 0.254. The van der Waals surface area contributed by atoms with E-state index < -0.39 is 5.65 Å². The Morgan fingerprint density at radius 2 is 1.75 bits per heavy atom. The molecular formula is C8H16N3O3PS. The third-order valence-corrected chi connectivity index (χ3v) is 2.02. The lowest BCUT2D eigenvalue weighted by Crippen LogP contribution is -2.40. The average Bonchev–Trinajstić information content (AvgIpc) is 2.23. The van der Waals surface area contributed by atoms with Gasteiger partial charge in [-0.15, -0.1) is 0 Å². The van der Waals surface area contributed by atoms with Crippen molar-refractivity contribution in [3.05, 3.63) is 0 Å². The SMILES string of the molecule is O=C(P)NNC(=O)CCNC(=O)CCCS. The van der Waals surface area contributed by atoms with Crippen LogP contribution in [0, 0.1) is 0 Å². The number of carbonyl (C=O) groups is 3. The second-order valence-corrected chi connectivity index (χ2v) is 3.94. The highest BCUT2D eigenvalue weighted by atomic mass is 32.1. The highest BCUT2D eigenvalue weighted by Gasteiger charge is 2.03. The minimum Gasteiger partial charge on any atom is -0.356 e. The zero-order valence-electron chi connectivity index (χ0n) is 8.78. The van der Waals surface area contributed by atoms with Gasteiger partial charge in [-0.2, -0.15) is 12.6 Å². The van der Waals surface area contributed by atoms with Crippen LogP contribution in [0.2, 0.25) is 0 Å². The molecule has 0 aromatic heterocycles. The van der Waals surface area contributed by atoms with E-state index >= 15 is 0 Å². The molecule has 0 fully saturated rings. The minimum absolute atomic E-state index is 0.100. The van der Waals surface area contributed by atoms with E-state index in [1.165, 1.54) is 0 Å². The molecule has 0 aliphatic heterocycles. The van der Waals surface area contributed by atoms with Crippen molar-refractivity contribution in [2.45, 2.75) is 19.3 Å². The molecule has 92 valence electrons. The van der Waals surface area contributed by atoms with Crippen LogP contribution in [0.15, 0.2) is 0 Å². The maximum atomic E-state index is 11.1. The topological polar surface area (TPSA) is 87.3 Å². The molecule has 0 saturated heterocycles. The lowest BCUT2D eigenvalue weighted by molar-refractivity contribution is -0.122. The molecule has 1 atom stereocenters. The summed E-state index contributed by atoms with van der Waals surface area (Å²) < 4.78 is 0. The summed E-state index contributed by atoms with van der Waals surface area (Å²) in [6, 6.07) is 0. The Hall–Kier alpha value is -0.810. The largest absolute Gasteiger partial charge is 0.356 e. The molecule has 8 heteroatoms. The van der Waals surface area contributed by atoms with Gasteiger partial charge in [0.2, 0.25) is 11.8 Å². The van der Waals surface area contributed by atoms with Crippen molar-refractivity contribution in [2.24, 2.45) is 0 Å². The first kappa shape index (κ1) is 15.2. The maximum Gasteiger partial charge on any atom is 0.253 e. The van der Waals surface area contributed by atoms with Crippen LogP contribution in [-0.2, 0) is 9.59 Å². The van der Waals surface area contributed by atoms with Gasteiger partial charge in [0.15, 0.2) is 0 Å². The van der Waals surface area contributed by atoms with Crippen LogP contribution < -0.4 is 16.2 Å². The third-order valence-electron chi connectivity index (χ3n) is 1.56. The van der Waals surface area contributed by atoms with E-state index in [-0.39, 0.29) is 24.8 Å². The van der Waals surface area contributed by atoms with Crippen LogP contribution in [0.5, 0.6) is 0 Å². The molecule has 0 bridgehead atoms. The van der Waals surface area contributed by atoms with Crippen LogP contribution in [0.1, 0.15) is 19.3 Å². The lowest BCUT2D eigenvalue weighted by Gasteiger charge is -2.06. The summed E-state index contributed by atoms with van der Waals surface area (Å²) >= 11 is 3.98. The molecule has 6 nitrogen and oxygen atoms in total. The van der Waals surface area contributed by atoms with E-state index in [0.29, 0.717) is 18.6 Å². The quantitative estimate of drug-likeness (QED) is 0.305. The maximum absolute atomic E-state index is 11.1. The summed E-state index contributed by atoms with van der Waals surface area (Å²) in [5.74, 6) is 0.205. The van der Waals surface area contributed by atoms with Gasteiger partial charge < -0.3 is 5.32 Å². The monoisotopic (exact) mass is 265 g/mol. The van der Waals surface area contributed by atoms with Gasteiger partial charge in [-0.1, -0.05) is 0 Å². The van der Waals surface area contributed by atoms with Crippen LogP contribution in [0.25, 0.3) is 0 Å². The number of nitrogens with one attached hydrogen (secondary N) is 3. The van der Waals surface area contributed by atoms with Gasteiger partial charge in [0.05, 0.1) is 0 Å². The van der Waals surface area contributed by atoms with Crippen molar-refractivity contribution in [2.75, 3.05) is 12.3 Å². The smallest absolute Gasteiger partial charge is 0.253 e. The van der Waals surface area contributed by atoms with E-state index in [2.05, 4.69) is 28.8 Å². The fraction of sp³-hybridized carbons (Fsp3) is 0.625. The second-order valence-electron chi connectivity index (χ2n) is 2.96. The predicted molar refractivity (Wildman–Crippen MR) is 67.1 cm³/mol. The fourth-order valence-electron chi connectivity index (χ4n) is 0.837. The lowest BCUT2D eigenvalue weighted by atomic mass is 10.3. The van der Waals surface area contributed by atoms with Crippen molar-refractivity contribution in [3.8, 4) is 0 Å². The molecule has 0 aromatic rings. The summed E-state index contributed by atoms with van der Waals surface area (Å²) in [4.78, 5) is 32.6. The Labute approximate surface area is 102 Å². The second kappa shape index (κ2) is 9.42. The Morgan fingerprint density at radius 1 is 1.06 bits per heavy atom. The molecule has 0 aliphatic carbocycles. The van der Waals surface area contributed by atoms with E-state index in [4.69, 9.17) is 0 Å². The predicted octanol–water partition coefficient (Wildman–Crippen LogP) is -0.181. The molecular weight excluding hydrogens is 249 g/mol. The number of thiol groups is 1. The number of hydrogen-bond donors (Lipinski definition) is 4. The van der Waals surface area contributed by atoms with Gasteiger partial charge in [-0.05, 0) is 21.4 Å². The molecule has 3 amide bonds. The number of hydrogen-bond acceptors (Lipinski definition) is 4. The van der Waals surface area contributed by atoms with Gasteiger partial charge >= 0.3 is 0 Å². The average molecular weight is 265 g/mol.